The fourth-order valence-electron chi connectivity index (χ4n) is 2.78. The fraction of sp³-hybridized carbons (Fsp3) is 0.222. The van der Waals surface area contributed by atoms with Gasteiger partial charge < -0.3 is 18.8 Å². The molecule has 0 radical (unpaired) electrons. The number of nitrogens with one attached hydrogen (secondary N) is 1. The summed E-state index contributed by atoms with van der Waals surface area (Å²) in [7, 11) is 2.56. The summed E-state index contributed by atoms with van der Waals surface area (Å²) in [5.41, 5.74) is 1.27. The molecule has 1 heterocycles. The second-order valence-electron chi connectivity index (χ2n) is 5.67. The Morgan fingerprint density at radius 1 is 0.962 bits per heavy atom. The number of ether oxygens (including phenoxy) is 3. The Morgan fingerprint density at radius 3 is 2.19 bits per heavy atom. The molecule has 26 heavy (non-hydrogen) atoms. The summed E-state index contributed by atoms with van der Waals surface area (Å²) in [5.74, 6) is 1.12. The number of sulfonamides is 1. The molecular formula is C18H22N2O5S. The maximum atomic E-state index is 12.8. The van der Waals surface area contributed by atoms with Crippen molar-refractivity contribution in [2.75, 3.05) is 26.1 Å². The van der Waals surface area contributed by atoms with E-state index in [4.69, 9.17) is 14.2 Å². The Balaban J connectivity index is 0.00000261. The minimum Gasteiger partial charge on any atom is -0.493 e. The molecule has 0 unspecified atom stereocenters. The number of benzene rings is 2. The minimum atomic E-state index is -3.78. The first-order chi connectivity index (χ1) is 12.4. The van der Waals surface area contributed by atoms with Crippen molar-refractivity contribution in [3.8, 4) is 17.2 Å². The van der Waals surface area contributed by atoms with Gasteiger partial charge in [0.05, 0.1) is 31.9 Å². The van der Waals surface area contributed by atoms with Crippen LogP contribution in [0.5, 0.6) is 17.2 Å². The molecule has 3 aromatic rings. The van der Waals surface area contributed by atoms with E-state index >= 15 is 0 Å². The summed E-state index contributed by atoms with van der Waals surface area (Å²) in [6, 6.07) is 9.94. The van der Waals surface area contributed by atoms with Crippen LogP contribution in [0, 0.1) is 0 Å². The SMILES string of the molecule is COc1cc(NS(=O)(=O)c2ccc3c(ccn3C)c2)cc(OC)c1OC.[HH]. The highest BCUT2D eigenvalue weighted by molar-refractivity contribution is 7.92. The number of aryl methyl sites for hydroxylation is 1. The molecule has 8 heteroatoms. The third kappa shape index (κ3) is 3.15. The summed E-state index contributed by atoms with van der Waals surface area (Å²) in [4.78, 5) is 0.171. The van der Waals surface area contributed by atoms with Crippen LogP contribution in [0.1, 0.15) is 1.43 Å². The second kappa shape index (κ2) is 6.80. The molecule has 1 aromatic heterocycles. The van der Waals surface area contributed by atoms with Gasteiger partial charge in [-0.1, -0.05) is 0 Å². The number of nitrogens with zero attached hydrogens (tertiary/aromatic N) is 1. The van der Waals surface area contributed by atoms with Crippen LogP contribution in [-0.2, 0) is 17.1 Å². The zero-order valence-corrected chi connectivity index (χ0v) is 15.8. The lowest BCUT2D eigenvalue weighted by molar-refractivity contribution is 0.325. The second-order valence-corrected chi connectivity index (χ2v) is 7.35. The van der Waals surface area contributed by atoms with Crippen LogP contribution >= 0.6 is 0 Å². The summed E-state index contributed by atoms with van der Waals surface area (Å²) in [6.45, 7) is 0. The minimum absolute atomic E-state index is 0. The topological polar surface area (TPSA) is 78.8 Å². The van der Waals surface area contributed by atoms with Crippen LogP contribution in [-0.4, -0.2) is 34.3 Å². The number of rotatable bonds is 6. The van der Waals surface area contributed by atoms with E-state index in [0.717, 1.165) is 10.9 Å². The first-order valence-corrected chi connectivity index (χ1v) is 9.26. The molecule has 140 valence electrons. The van der Waals surface area contributed by atoms with Crippen molar-refractivity contribution >= 4 is 26.6 Å². The van der Waals surface area contributed by atoms with E-state index in [-0.39, 0.29) is 6.32 Å². The average Bonchev–Trinajstić information content (AvgIpc) is 3.01. The molecule has 3 rings (SSSR count). The van der Waals surface area contributed by atoms with E-state index in [0.29, 0.717) is 22.9 Å². The number of methoxy groups -OCH3 is 3. The van der Waals surface area contributed by atoms with Crippen molar-refractivity contribution in [2.24, 2.45) is 7.05 Å². The molecular weight excluding hydrogens is 356 g/mol. The molecule has 0 saturated heterocycles. The number of hydrogen-bond donors (Lipinski definition) is 1. The van der Waals surface area contributed by atoms with Crippen molar-refractivity contribution in [2.45, 2.75) is 4.90 Å². The molecule has 0 aliphatic rings. The van der Waals surface area contributed by atoms with Gasteiger partial charge in [-0.05, 0) is 24.3 Å². The molecule has 0 saturated carbocycles. The van der Waals surface area contributed by atoms with Gasteiger partial charge in [0.15, 0.2) is 11.5 Å². The van der Waals surface area contributed by atoms with Gasteiger partial charge in [-0.3, -0.25) is 4.72 Å². The highest BCUT2D eigenvalue weighted by Gasteiger charge is 2.19. The van der Waals surface area contributed by atoms with Crippen molar-refractivity contribution in [3.05, 3.63) is 42.6 Å². The predicted octanol–water partition coefficient (Wildman–Crippen LogP) is 3.25. The summed E-state index contributed by atoms with van der Waals surface area (Å²) in [6.07, 6.45) is 1.88. The van der Waals surface area contributed by atoms with E-state index in [1.807, 2.05) is 23.9 Å². The van der Waals surface area contributed by atoms with Crippen LogP contribution in [0.2, 0.25) is 0 Å². The van der Waals surface area contributed by atoms with Crippen LogP contribution in [0.3, 0.4) is 0 Å². The zero-order valence-electron chi connectivity index (χ0n) is 14.9. The van der Waals surface area contributed by atoms with Crippen molar-refractivity contribution in [1.82, 2.24) is 4.57 Å². The number of anilines is 1. The van der Waals surface area contributed by atoms with Crippen LogP contribution in [0.15, 0.2) is 47.5 Å². The van der Waals surface area contributed by atoms with Gasteiger partial charge in [-0.2, -0.15) is 0 Å². The molecule has 0 amide bonds. The van der Waals surface area contributed by atoms with Gasteiger partial charge in [-0.15, -0.1) is 0 Å². The van der Waals surface area contributed by atoms with Gasteiger partial charge in [0.1, 0.15) is 0 Å². The third-order valence-electron chi connectivity index (χ3n) is 4.08. The summed E-state index contributed by atoms with van der Waals surface area (Å²) in [5, 5.41) is 0.847. The van der Waals surface area contributed by atoms with Gasteiger partial charge in [0.2, 0.25) is 5.75 Å². The van der Waals surface area contributed by atoms with Crippen LogP contribution in [0.4, 0.5) is 5.69 Å². The van der Waals surface area contributed by atoms with Gasteiger partial charge >= 0.3 is 0 Å². The Labute approximate surface area is 153 Å². The molecule has 0 aliphatic carbocycles. The highest BCUT2D eigenvalue weighted by Crippen LogP contribution is 2.40. The molecule has 0 spiro atoms. The first kappa shape index (κ1) is 17.9. The monoisotopic (exact) mass is 378 g/mol. The Bertz CT molecular complexity index is 1040. The van der Waals surface area contributed by atoms with Gasteiger partial charge in [0.25, 0.3) is 10.0 Å². The molecule has 2 aromatic carbocycles. The van der Waals surface area contributed by atoms with Crippen LogP contribution < -0.4 is 18.9 Å². The van der Waals surface area contributed by atoms with E-state index in [9.17, 15) is 8.42 Å². The Kier molecular flexibility index (Phi) is 4.69. The number of aromatic nitrogens is 1. The third-order valence-corrected chi connectivity index (χ3v) is 5.46. The quantitative estimate of drug-likeness (QED) is 0.712. The molecule has 1 N–H and O–H groups in total. The van der Waals surface area contributed by atoms with Crippen molar-refractivity contribution in [1.29, 1.82) is 0 Å². The first-order valence-electron chi connectivity index (χ1n) is 7.77. The molecule has 0 atom stereocenters. The van der Waals surface area contributed by atoms with Crippen LogP contribution in [0.25, 0.3) is 10.9 Å². The normalized spacial score (nSPS) is 11.4. The van der Waals surface area contributed by atoms with Gasteiger partial charge in [0, 0.05) is 37.7 Å². The van der Waals surface area contributed by atoms with E-state index in [2.05, 4.69) is 4.72 Å². The fourth-order valence-corrected chi connectivity index (χ4v) is 3.86. The van der Waals surface area contributed by atoms with E-state index in [1.165, 1.54) is 21.3 Å². The Hall–Kier alpha value is -2.87. The summed E-state index contributed by atoms with van der Waals surface area (Å²) < 4.78 is 45.8. The van der Waals surface area contributed by atoms with Gasteiger partial charge in [-0.25, -0.2) is 8.42 Å². The largest absolute Gasteiger partial charge is 0.493 e. The highest BCUT2D eigenvalue weighted by atomic mass is 32.2. The number of fused-ring (bicyclic) bond motifs is 1. The molecule has 0 aliphatic heterocycles. The zero-order chi connectivity index (χ0) is 18.9. The summed E-state index contributed by atoms with van der Waals surface area (Å²) >= 11 is 0. The standard InChI is InChI=1S/C18H20N2O5S.H2/c1-20-8-7-12-9-14(5-6-15(12)20)26(21,22)19-13-10-16(23-2)18(25-4)17(11-13)24-3;/h5-11,19H,1-4H3;1H. The lowest BCUT2D eigenvalue weighted by atomic mass is 10.2. The average molecular weight is 378 g/mol. The molecule has 0 fully saturated rings. The Morgan fingerprint density at radius 2 is 1.62 bits per heavy atom. The lowest BCUT2D eigenvalue weighted by Gasteiger charge is -2.15. The van der Waals surface area contributed by atoms with E-state index in [1.54, 1.807) is 30.3 Å². The number of hydrogen-bond acceptors (Lipinski definition) is 5. The van der Waals surface area contributed by atoms with Crippen molar-refractivity contribution < 1.29 is 24.1 Å². The maximum absolute atomic E-state index is 12.8. The van der Waals surface area contributed by atoms with E-state index < -0.39 is 10.0 Å². The van der Waals surface area contributed by atoms with Crippen molar-refractivity contribution in [3.63, 3.8) is 0 Å². The molecule has 0 bridgehead atoms. The predicted molar refractivity (Wildman–Crippen MR) is 102 cm³/mol. The molecule has 7 nitrogen and oxygen atoms in total. The maximum Gasteiger partial charge on any atom is 0.261 e. The lowest BCUT2D eigenvalue weighted by Crippen LogP contribution is -2.13. The smallest absolute Gasteiger partial charge is 0.261 e.